The smallest absolute Gasteiger partial charge is 0.291 e. The lowest BCUT2D eigenvalue weighted by molar-refractivity contribution is -0.125. The van der Waals surface area contributed by atoms with Gasteiger partial charge < -0.3 is 4.90 Å². The Labute approximate surface area is 157 Å². The van der Waals surface area contributed by atoms with Gasteiger partial charge in [-0.2, -0.15) is 0 Å². The van der Waals surface area contributed by atoms with Crippen LogP contribution >= 0.6 is 0 Å². The zero-order valence-corrected chi connectivity index (χ0v) is 15.1. The molecule has 2 heterocycles. The average molecular weight is 363 g/mol. The monoisotopic (exact) mass is 363 g/mol. The largest absolute Gasteiger partial charge is 0.329 e. The van der Waals surface area contributed by atoms with Crippen LogP contribution in [0.4, 0.5) is 5.69 Å². The first-order valence-electron chi connectivity index (χ1n) is 9.07. The summed E-state index contributed by atoms with van der Waals surface area (Å²) in [5, 5.41) is 1.40. The van der Waals surface area contributed by atoms with Gasteiger partial charge in [-0.15, -0.1) is 0 Å². The van der Waals surface area contributed by atoms with E-state index in [0.717, 1.165) is 18.4 Å². The van der Waals surface area contributed by atoms with Gasteiger partial charge in [-0.3, -0.25) is 20.0 Å². The van der Waals surface area contributed by atoms with Crippen LogP contribution in [0.5, 0.6) is 0 Å². The first kappa shape index (κ1) is 17.2. The van der Waals surface area contributed by atoms with Crippen LogP contribution in [0.25, 0.3) is 0 Å². The van der Waals surface area contributed by atoms with E-state index < -0.39 is 6.04 Å². The third-order valence-electron chi connectivity index (χ3n) is 4.66. The van der Waals surface area contributed by atoms with E-state index in [9.17, 15) is 9.59 Å². The van der Waals surface area contributed by atoms with Crippen molar-refractivity contribution in [2.45, 2.75) is 38.4 Å². The van der Waals surface area contributed by atoms with Gasteiger partial charge >= 0.3 is 0 Å². The molecule has 1 aliphatic heterocycles. The Bertz CT molecular complexity index is 864. The standard InChI is InChI=1S/C20H21N5O2/c1-14-19(26)25(17-7-3-2-4-8-17)23-18(22-14)20(27)24(16-9-10-16)13-15-6-5-11-21-12-15/h2-8,11-12,14,16H,9-10,13H2,1H3,(H,22,23). The molecule has 1 aromatic heterocycles. The highest BCUT2D eigenvalue weighted by molar-refractivity contribution is 6.39. The minimum absolute atomic E-state index is 0.192. The van der Waals surface area contributed by atoms with Crippen molar-refractivity contribution in [2.75, 3.05) is 5.01 Å². The van der Waals surface area contributed by atoms with Crippen LogP contribution in [0.2, 0.25) is 0 Å². The van der Waals surface area contributed by atoms with Crippen molar-refractivity contribution in [1.82, 2.24) is 15.3 Å². The second-order valence-corrected chi connectivity index (χ2v) is 6.80. The molecule has 1 saturated carbocycles. The molecule has 1 N–H and O–H groups in total. The lowest BCUT2D eigenvalue weighted by Gasteiger charge is -2.32. The highest BCUT2D eigenvalue weighted by Crippen LogP contribution is 2.29. The number of aromatic nitrogens is 1. The van der Waals surface area contributed by atoms with Gasteiger partial charge in [0.2, 0.25) is 5.84 Å². The van der Waals surface area contributed by atoms with E-state index in [2.05, 4.69) is 15.4 Å². The molecule has 0 spiro atoms. The maximum atomic E-state index is 13.2. The number of aliphatic imine (C=N–C) groups is 1. The van der Waals surface area contributed by atoms with Crippen LogP contribution in [0.3, 0.4) is 0 Å². The van der Waals surface area contributed by atoms with Crippen molar-refractivity contribution in [2.24, 2.45) is 4.99 Å². The van der Waals surface area contributed by atoms with Crippen molar-refractivity contribution in [1.29, 1.82) is 0 Å². The van der Waals surface area contributed by atoms with Gasteiger partial charge in [0.15, 0.2) is 0 Å². The van der Waals surface area contributed by atoms with E-state index in [1.807, 2.05) is 47.4 Å². The summed E-state index contributed by atoms with van der Waals surface area (Å²) in [5.74, 6) is -0.189. The van der Waals surface area contributed by atoms with E-state index >= 15 is 0 Å². The highest BCUT2D eigenvalue weighted by atomic mass is 16.2. The Morgan fingerprint density at radius 3 is 2.67 bits per heavy atom. The molecule has 1 aliphatic carbocycles. The lowest BCUT2D eigenvalue weighted by atomic mass is 10.2. The van der Waals surface area contributed by atoms with E-state index in [4.69, 9.17) is 0 Å². The van der Waals surface area contributed by atoms with Crippen LogP contribution in [0.1, 0.15) is 25.3 Å². The van der Waals surface area contributed by atoms with Gasteiger partial charge in [0.25, 0.3) is 11.8 Å². The number of hydrogen-bond acceptors (Lipinski definition) is 5. The number of nitrogens with zero attached hydrogens (tertiary/aromatic N) is 4. The lowest BCUT2D eigenvalue weighted by Crippen LogP contribution is -2.58. The summed E-state index contributed by atoms with van der Waals surface area (Å²) in [6, 6.07) is 12.6. The number of anilines is 1. The molecular weight excluding hydrogens is 342 g/mol. The van der Waals surface area contributed by atoms with Crippen LogP contribution in [0, 0.1) is 0 Å². The molecule has 0 saturated heterocycles. The quantitative estimate of drug-likeness (QED) is 0.880. The Kier molecular flexibility index (Phi) is 4.58. The number of carbonyl (C=O) groups is 2. The van der Waals surface area contributed by atoms with Crippen LogP contribution in [0.15, 0.2) is 59.9 Å². The van der Waals surface area contributed by atoms with Crippen molar-refractivity contribution in [3.63, 3.8) is 0 Å². The van der Waals surface area contributed by atoms with Gasteiger partial charge in [-0.05, 0) is 43.5 Å². The molecule has 2 amide bonds. The molecule has 1 unspecified atom stereocenters. The topological polar surface area (TPSA) is 77.9 Å². The number of carbonyl (C=O) groups excluding carboxylic acids is 2. The zero-order valence-electron chi connectivity index (χ0n) is 15.1. The number of benzene rings is 1. The number of amides is 2. The maximum absolute atomic E-state index is 13.2. The first-order chi connectivity index (χ1) is 13.1. The zero-order chi connectivity index (χ0) is 18.8. The fourth-order valence-electron chi connectivity index (χ4n) is 3.07. The summed E-state index contributed by atoms with van der Waals surface area (Å²) in [4.78, 5) is 36.0. The highest BCUT2D eigenvalue weighted by Gasteiger charge is 2.38. The Morgan fingerprint density at radius 2 is 2.00 bits per heavy atom. The second kappa shape index (κ2) is 7.19. The minimum Gasteiger partial charge on any atom is -0.329 e. The molecule has 27 heavy (non-hydrogen) atoms. The van der Waals surface area contributed by atoms with Crippen molar-refractivity contribution in [3.05, 3.63) is 60.4 Å². The van der Waals surface area contributed by atoms with E-state index in [-0.39, 0.29) is 23.7 Å². The van der Waals surface area contributed by atoms with Crippen molar-refractivity contribution in [3.8, 4) is 0 Å². The third kappa shape index (κ3) is 3.67. The summed E-state index contributed by atoms with van der Waals surface area (Å²) in [6.07, 6.45) is 5.44. The van der Waals surface area contributed by atoms with Crippen LogP contribution < -0.4 is 10.4 Å². The molecule has 7 nitrogen and oxygen atoms in total. The van der Waals surface area contributed by atoms with E-state index in [1.54, 1.807) is 19.3 Å². The van der Waals surface area contributed by atoms with E-state index in [1.165, 1.54) is 5.01 Å². The van der Waals surface area contributed by atoms with Gasteiger partial charge in [0.1, 0.15) is 6.04 Å². The van der Waals surface area contributed by atoms with Gasteiger partial charge in [-0.1, -0.05) is 24.3 Å². The number of hydrogen-bond donors (Lipinski definition) is 1. The number of rotatable bonds is 5. The normalized spacial score (nSPS) is 19.3. The molecule has 0 bridgehead atoms. The maximum Gasteiger partial charge on any atom is 0.291 e. The SMILES string of the molecule is CC1N=C(C(=O)N(Cc2cccnc2)C2CC2)NN(c2ccccc2)C1=O. The molecule has 2 aliphatic rings. The summed E-state index contributed by atoms with van der Waals surface area (Å²) < 4.78 is 0. The fraction of sp³-hybridized carbons (Fsp3) is 0.300. The van der Waals surface area contributed by atoms with E-state index in [0.29, 0.717) is 12.2 Å². The second-order valence-electron chi connectivity index (χ2n) is 6.80. The number of para-hydroxylation sites is 1. The summed E-state index contributed by atoms with van der Waals surface area (Å²) in [6.45, 7) is 2.18. The minimum atomic E-state index is -0.621. The molecule has 4 rings (SSSR count). The summed E-state index contributed by atoms with van der Waals surface area (Å²) in [7, 11) is 0. The molecule has 1 aromatic carbocycles. The summed E-state index contributed by atoms with van der Waals surface area (Å²) >= 11 is 0. The predicted molar refractivity (Wildman–Crippen MR) is 102 cm³/mol. The molecular formula is C20H21N5O2. The number of nitrogens with one attached hydrogen (secondary N) is 1. The predicted octanol–water partition coefficient (Wildman–Crippen LogP) is 1.91. The number of hydrazine groups is 1. The molecule has 138 valence electrons. The van der Waals surface area contributed by atoms with Crippen molar-refractivity contribution < 1.29 is 9.59 Å². The van der Waals surface area contributed by atoms with Crippen LogP contribution in [-0.2, 0) is 16.1 Å². The molecule has 1 fully saturated rings. The molecule has 0 radical (unpaired) electrons. The fourth-order valence-corrected chi connectivity index (χ4v) is 3.07. The molecule has 1 atom stereocenters. The Morgan fingerprint density at radius 1 is 1.22 bits per heavy atom. The Balaban J connectivity index is 1.57. The van der Waals surface area contributed by atoms with Crippen LogP contribution in [-0.4, -0.2) is 39.6 Å². The number of amidine groups is 1. The van der Waals surface area contributed by atoms with Gasteiger partial charge in [0, 0.05) is 25.0 Å². The molecule has 2 aromatic rings. The Hall–Kier alpha value is -3.22. The first-order valence-corrected chi connectivity index (χ1v) is 9.07. The summed E-state index contributed by atoms with van der Waals surface area (Å²) in [5.41, 5.74) is 4.58. The van der Waals surface area contributed by atoms with Gasteiger partial charge in [0.05, 0.1) is 5.69 Å². The van der Waals surface area contributed by atoms with Crippen molar-refractivity contribution >= 4 is 23.3 Å². The van der Waals surface area contributed by atoms with Gasteiger partial charge in [-0.25, -0.2) is 10.0 Å². The average Bonchev–Trinajstić information content (AvgIpc) is 3.54. The number of pyridine rings is 1. The third-order valence-corrected chi connectivity index (χ3v) is 4.66. The molecule has 7 heteroatoms.